The van der Waals surface area contributed by atoms with Crippen LogP contribution in [0.25, 0.3) is 0 Å². The summed E-state index contributed by atoms with van der Waals surface area (Å²) in [5.74, 6) is 0. The number of hydrogen-bond acceptors (Lipinski definition) is 0. The summed E-state index contributed by atoms with van der Waals surface area (Å²) >= 11 is 0.639. The molecule has 0 aromatic rings. The van der Waals surface area contributed by atoms with Crippen molar-refractivity contribution in [3.8, 4) is 0 Å². The van der Waals surface area contributed by atoms with E-state index < -0.39 is 0 Å². The van der Waals surface area contributed by atoms with Crippen molar-refractivity contribution in [2.24, 2.45) is 0 Å². The Morgan fingerprint density at radius 1 is 1.00 bits per heavy atom. The van der Waals surface area contributed by atoms with Crippen LogP contribution in [0.15, 0.2) is 0 Å². The molecule has 0 unspecified atom stereocenters. The zero-order chi connectivity index (χ0) is 3.54. The van der Waals surface area contributed by atoms with Crippen molar-refractivity contribution in [1.82, 2.24) is 0 Å². The maximum absolute atomic E-state index is 1.62. The molecule has 0 aliphatic carbocycles. The molecule has 33 valence electrons. The van der Waals surface area contributed by atoms with Crippen molar-refractivity contribution in [3.05, 3.63) is 0 Å². The van der Waals surface area contributed by atoms with Gasteiger partial charge in [-0.1, -0.05) is 0 Å². The van der Waals surface area contributed by atoms with Gasteiger partial charge in [-0.2, -0.15) is 0 Å². The fraction of sp³-hybridized carbons (Fsp3) is 1.00. The van der Waals surface area contributed by atoms with E-state index in [0.29, 0.717) is 17.7 Å². The Labute approximate surface area is 40.9 Å². The molecule has 1 rings (SSSR count). The molecule has 1 aliphatic rings. The van der Waals surface area contributed by atoms with Crippen LogP contribution in [0, 0.1) is 0 Å². The molecule has 1 saturated heterocycles. The predicted molar refractivity (Wildman–Crippen MR) is 18.8 cm³/mol. The molecule has 0 aromatic carbocycles. The molecule has 0 N–H and O–H groups in total. The number of hydrogen-bond donors (Lipinski definition) is 0. The Kier molecular flexibility index (Phi) is 1.48. The van der Waals surface area contributed by atoms with Crippen molar-refractivity contribution >= 4 is 0 Å². The van der Waals surface area contributed by atoms with Crippen LogP contribution in [-0.2, 0) is 17.7 Å². The summed E-state index contributed by atoms with van der Waals surface area (Å²) in [7, 11) is 0. The second-order valence-corrected chi connectivity index (χ2v) is 4.80. The first kappa shape index (κ1) is 3.83. The van der Waals surface area contributed by atoms with E-state index >= 15 is 0 Å². The van der Waals surface area contributed by atoms with Gasteiger partial charge in [0, 0.05) is 0 Å². The van der Waals surface area contributed by atoms with Crippen molar-refractivity contribution in [2.45, 2.75) is 22.7 Å². The third kappa shape index (κ3) is 1.02. The molecule has 1 aliphatic heterocycles. The van der Waals surface area contributed by atoms with Crippen LogP contribution >= 0.6 is 0 Å². The van der Waals surface area contributed by atoms with E-state index in [0.717, 1.165) is 0 Å². The van der Waals surface area contributed by atoms with Crippen molar-refractivity contribution in [3.63, 3.8) is 0 Å². The van der Waals surface area contributed by atoms with E-state index in [1.54, 1.807) is 22.7 Å². The van der Waals surface area contributed by atoms with Gasteiger partial charge in [0.2, 0.25) is 0 Å². The van der Waals surface area contributed by atoms with Crippen LogP contribution in [0.3, 0.4) is 0 Å². The van der Waals surface area contributed by atoms with Gasteiger partial charge in [-0.3, -0.25) is 0 Å². The molecule has 0 nitrogen and oxygen atoms in total. The van der Waals surface area contributed by atoms with Gasteiger partial charge in [0.05, 0.1) is 0 Å². The fourth-order valence-corrected chi connectivity index (χ4v) is 3.41. The summed E-state index contributed by atoms with van der Waals surface area (Å²) in [6, 6.07) is 0. The monoisotopic (exact) mass is 249 g/mol. The zero-order valence-corrected chi connectivity index (χ0v) is 5.56. The van der Waals surface area contributed by atoms with E-state index in [-0.39, 0.29) is 0 Å². The van der Waals surface area contributed by atoms with Crippen molar-refractivity contribution in [2.75, 3.05) is 0 Å². The van der Waals surface area contributed by atoms with E-state index in [2.05, 4.69) is 0 Å². The summed E-state index contributed by atoms with van der Waals surface area (Å²) in [5, 5.41) is 0. The average Bonchev–Trinajstić information content (AvgIpc) is 1.76. The third-order valence-corrected chi connectivity index (χ3v) is 4.11. The van der Waals surface area contributed by atoms with Gasteiger partial charge < -0.3 is 0 Å². The summed E-state index contributed by atoms with van der Waals surface area (Å²) in [6.45, 7) is 0. The van der Waals surface area contributed by atoms with Gasteiger partial charge in [-0.25, -0.2) is 0 Å². The van der Waals surface area contributed by atoms with Crippen LogP contribution in [0.5, 0.6) is 0 Å². The average molecular weight is 248 g/mol. The molecular weight excluding hydrogens is 240 g/mol. The molecule has 0 spiro atoms. The summed E-state index contributed by atoms with van der Waals surface area (Å²) in [6.07, 6.45) is 3.11. The van der Waals surface area contributed by atoms with Gasteiger partial charge in [-0.05, 0) is 0 Å². The van der Waals surface area contributed by atoms with Gasteiger partial charge in [-0.15, -0.1) is 0 Å². The minimum atomic E-state index is 0.639. The molecule has 0 aromatic heterocycles. The van der Waals surface area contributed by atoms with E-state index in [4.69, 9.17) is 0 Å². The third-order valence-electron chi connectivity index (χ3n) is 0.721. The Morgan fingerprint density at radius 2 is 1.60 bits per heavy atom. The molecule has 1 heteroatoms. The molecule has 0 amide bonds. The van der Waals surface area contributed by atoms with E-state index in [9.17, 15) is 0 Å². The first-order chi connectivity index (χ1) is 2.50. The van der Waals surface area contributed by atoms with Gasteiger partial charge in [0.15, 0.2) is 0 Å². The molecule has 0 saturated carbocycles. The van der Waals surface area contributed by atoms with Crippen LogP contribution in [0.4, 0.5) is 0 Å². The summed E-state index contributed by atoms with van der Waals surface area (Å²) in [5.41, 5.74) is 0. The van der Waals surface area contributed by atoms with Gasteiger partial charge >= 0.3 is 40.4 Å². The number of rotatable bonds is 0. The molecule has 1 fully saturated rings. The normalized spacial score (nSPS) is 25.6. The molecular formula is C4H8Ir. The SMILES string of the molecule is C1C[CH2][Ir][CH2]1. The van der Waals surface area contributed by atoms with Gasteiger partial charge in [0.25, 0.3) is 0 Å². The minimum absolute atomic E-state index is 0.639. The predicted octanol–water partition coefficient (Wildman–Crippen LogP) is 1.70. The molecule has 0 bridgehead atoms. The van der Waals surface area contributed by atoms with E-state index in [1.165, 1.54) is 0 Å². The summed E-state index contributed by atoms with van der Waals surface area (Å²) in [4.78, 5) is 3.25. The molecule has 0 radical (unpaired) electrons. The second kappa shape index (κ2) is 1.94. The van der Waals surface area contributed by atoms with E-state index in [1.807, 2.05) is 0 Å². The Balaban J connectivity index is 2.08. The first-order valence-corrected chi connectivity index (χ1v) is 5.36. The topological polar surface area (TPSA) is 0 Å². The quantitative estimate of drug-likeness (QED) is 0.612. The first-order valence-electron chi connectivity index (χ1n) is 1.97. The Bertz CT molecular complexity index is 15.2. The van der Waals surface area contributed by atoms with Crippen LogP contribution < -0.4 is 0 Å². The molecule has 0 atom stereocenters. The second-order valence-electron chi connectivity index (χ2n) is 1.21. The Hall–Kier alpha value is 0.649. The van der Waals surface area contributed by atoms with Crippen molar-refractivity contribution in [1.29, 1.82) is 0 Å². The standard InChI is InChI=1S/C4H8.Ir/c1-3-4-2;/h1-4H2;. The van der Waals surface area contributed by atoms with Crippen LogP contribution in [-0.4, -0.2) is 0 Å². The molecule has 1 heterocycles. The summed E-state index contributed by atoms with van der Waals surface area (Å²) < 4.78 is 0. The zero-order valence-electron chi connectivity index (χ0n) is 3.16. The fourth-order valence-electron chi connectivity index (χ4n) is 0.417. The van der Waals surface area contributed by atoms with Crippen LogP contribution in [0.1, 0.15) is 12.8 Å². The Morgan fingerprint density at radius 3 is 1.80 bits per heavy atom. The maximum atomic E-state index is 1.62. The van der Waals surface area contributed by atoms with Gasteiger partial charge in [0.1, 0.15) is 0 Å². The van der Waals surface area contributed by atoms with Crippen molar-refractivity contribution < 1.29 is 17.7 Å². The molecule has 5 heavy (non-hydrogen) atoms. The van der Waals surface area contributed by atoms with Crippen LogP contribution in [0.2, 0.25) is 9.87 Å².